The van der Waals surface area contributed by atoms with Crippen LogP contribution in [0.5, 0.6) is 17.2 Å². The van der Waals surface area contributed by atoms with Crippen molar-refractivity contribution in [1.82, 2.24) is 9.80 Å². The number of carbonyl (C=O) groups excluding carboxylic acids is 2. The van der Waals surface area contributed by atoms with E-state index in [1.165, 1.54) is 12.8 Å². The minimum Gasteiger partial charge on any atom is -0.497 e. The van der Waals surface area contributed by atoms with Gasteiger partial charge in [0.05, 0.1) is 26.3 Å². The van der Waals surface area contributed by atoms with Crippen LogP contribution < -0.4 is 14.2 Å². The maximum atomic E-state index is 14.0. The van der Waals surface area contributed by atoms with Crippen LogP contribution in [0.2, 0.25) is 0 Å². The highest BCUT2D eigenvalue weighted by molar-refractivity contribution is 5.81. The summed E-state index contributed by atoms with van der Waals surface area (Å²) >= 11 is 0. The van der Waals surface area contributed by atoms with E-state index in [1.807, 2.05) is 23.1 Å². The van der Waals surface area contributed by atoms with Crippen molar-refractivity contribution in [2.24, 2.45) is 11.8 Å². The highest BCUT2D eigenvalue weighted by Gasteiger charge is 2.76. The first kappa shape index (κ1) is 36.3. The number of fused-ring (bicyclic) bond motifs is 1. The van der Waals surface area contributed by atoms with E-state index in [0.717, 1.165) is 107 Å². The number of rotatable bonds is 11. The Labute approximate surface area is 321 Å². The summed E-state index contributed by atoms with van der Waals surface area (Å²) in [7, 11) is 3.34. The molecule has 3 heterocycles. The predicted molar refractivity (Wildman–Crippen MR) is 205 cm³/mol. The topological polar surface area (TPSA) is 101 Å². The van der Waals surface area contributed by atoms with Crippen LogP contribution >= 0.6 is 0 Å². The Morgan fingerprint density at radius 3 is 2.06 bits per heavy atom. The summed E-state index contributed by atoms with van der Waals surface area (Å²) in [6.45, 7) is 1.36. The third kappa shape index (κ3) is 5.84. The molecule has 4 aliphatic carbocycles. The van der Waals surface area contributed by atoms with E-state index in [-0.39, 0.29) is 35.0 Å². The number of nitrogens with zero attached hydrogens (tertiary/aromatic N) is 2. The number of piperidine rings is 2. The van der Waals surface area contributed by atoms with Crippen LogP contribution in [0.3, 0.4) is 0 Å². The zero-order valence-electron chi connectivity index (χ0n) is 32.5. The lowest BCUT2D eigenvalue weighted by Crippen LogP contribution is -2.75. The molecule has 2 aromatic carbocycles. The van der Waals surface area contributed by atoms with Crippen molar-refractivity contribution in [3.63, 3.8) is 0 Å². The van der Waals surface area contributed by atoms with E-state index >= 15 is 0 Å². The first-order chi connectivity index (χ1) is 26.2. The van der Waals surface area contributed by atoms with Crippen LogP contribution in [0.25, 0.3) is 0 Å². The van der Waals surface area contributed by atoms with Crippen LogP contribution in [0.1, 0.15) is 120 Å². The molecule has 0 unspecified atom stereocenters. The first-order valence-electron chi connectivity index (χ1n) is 21.3. The maximum absolute atomic E-state index is 14.0. The van der Waals surface area contributed by atoms with Gasteiger partial charge in [0.25, 0.3) is 0 Å². The van der Waals surface area contributed by atoms with Gasteiger partial charge < -0.3 is 33.9 Å². The summed E-state index contributed by atoms with van der Waals surface area (Å²) in [5.74, 6) is 2.83. The Balaban J connectivity index is 0.999. The van der Waals surface area contributed by atoms with Crippen molar-refractivity contribution < 1.29 is 33.6 Å². The lowest BCUT2D eigenvalue weighted by atomic mass is 9.62. The van der Waals surface area contributed by atoms with Crippen molar-refractivity contribution in [1.29, 1.82) is 0 Å². The molecule has 3 saturated heterocycles. The fourth-order valence-electron chi connectivity index (χ4n) is 11.7. The standard InChI is InChI=1S/C45H60N2O7/c1-51-35-17-13-32(14-18-35)30-39-44(50)23-5-3-21-42(44,25-27-47(39)41(49)34-11-8-12-34)53-37-29-31(15-19-36(37)52-2)16-20-38-45-24-6-4-22-43(45,54-45)26-28-46(38)40(48)33-9-7-10-33/h13-15,17-19,29,33-34,38-39,50H,3-12,16,20-28,30H2,1-2H3/t38-,39-,42-,43+,44-,45-/m0/s1. The number of aliphatic hydroxyl groups is 1. The molecule has 292 valence electrons. The number of carbonyl (C=O) groups is 2. The second kappa shape index (κ2) is 14.0. The Morgan fingerprint density at radius 1 is 0.722 bits per heavy atom. The van der Waals surface area contributed by atoms with Gasteiger partial charge >= 0.3 is 0 Å². The summed E-state index contributed by atoms with van der Waals surface area (Å²) in [6, 6.07) is 13.9. The molecule has 9 nitrogen and oxygen atoms in total. The van der Waals surface area contributed by atoms with Gasteiger partial charge in [0.15, 0.2) is 11.5 Å². The highest BCUT2D eigenvalue weighted by Crippen LogP contribution is 2.65. The zero-order chi connectivity index (χ0) is 37.1. The van der Waals surface area contributed by atoms with E-state index < -0.39 is 17.2 Å². The summed E-state index contributed by atoms with van der Waals surface area (Å²) in [6.07, 6.45) is 17.5. The molecule has 0 radical (unpaired) electrons. The highest BCUT2D eigenvalue weighted by atomic mass is 16.6. The largest absolute Gasteiger partial charge is 0.497 e. The lowest BCUT2D eigenvalue weighted by Gasteiger charge is -2.60. The molecule has 2 amide bonds. The van der Waals surface area contributed by atoms with E-state index in [0.29, 0.717) is 49.6 Å². The van der Waals surface area contributed by atoms with Gasteiger partial charge in [-0.1, -0.05) is 50.3 Å². The molecular weight excluding hydrogens is 681 g/mol. The number of benzene rings is 2. The minimum atomic E-state index is -1.25. The van der Waals surface area contributed by atoms with Crippen molar-refractivity contribution in [2.45, 2.75) is 156 Å². The number of hydrogen-bond acceptors (Lipinski definition) is 7. The van der Waals surface area contributed by atoms with Crippen LogP contribution in [-0.2, 0) is 27.2 Å². The SMILES string of the molecule is COc1ccc(C[C@@H]2N(C(=O)C3CCC3)CC[C@@]3(Oc4cc(CC[C@@H]5N(C(=O)C6CCC6)CC[C@]67CCCC[C@]56O7)ccc4OC)CCCC[C@]23O)cc1. The smallest absolute Gasteiger partial charge is 0.226 e. The van der Waals surface area contributed by atoms with E-state index in [1.54, 1.807) is 14.2 Å². The number of likely N-dealkylation sites (tertiary alicyclic amines) is 2. The Kier molecular flexibility index (Phi) is 9.43. The number of epoxide rings is 1. The van der Waals surface area contributed by atoms with Crippen molar-refractivity contribution in [2.75, 3.05) is 27.3 Å². The van der Waals surface area contributed by atoms with Gasteiger partial charge in [0, 0.05) is 31.3 Å². The second-order valence-corrected chi connectivity index (χ2v) is 17.8. The van der Waals surface area contributed by atoms with Gasteiger partial charge in [-0.15, -0.1) is 0 Å². The Bertz CT molecular complexity index is 1720. The van der Waals surface area contributed by atoms with Gasteiger partial charge in [0.1, 0.15) is 28.2 Å². The van der Waals surface area contributed by atoms with Gasteiger partial charge in [0.2, 0.25) is 11.8 Å². The van der Waals surface area contributed by atoms with Gasteiger partial charge in [-0.3, -0.25) is 9.59 Å². The molecule has 0 spiro atoms. The Morgan fingerprint density at radius 2 is 1.37 bits per heavy atom. The summed E-state index contributed by atoms with van der Waals surface area (Å²) in [5.41, 5.74) is -0.161. The number of hydrogen-bond donors (Lipinski definition) is 1. The van der Waals surface area contributed by atoms with E-state index in [4.69, 9.17) is 18.9 Å². The molecule has 7 fully saturated rings. The van der Waals surface area contributed by atoms with E-state index in [2.05, 4.69) is 29.2 Å². The number of aryl methyl sites for hydroxylation is 1. The fraction of sp³-hybridized carbons (Fsp3) is 0.689. The van der Waals surface area contributed by atoms with Crippen LogP contribution in [0, 0.1) is 11.8 Å². The normalized spacial score (nSPS) is 34.7. The zero-order valence-corrected chi connectivity index (χ0v) is 32.5. The summed E-state index contributed by atoms with van der Waals surface area (Å²) in [5, 5.41) is 13.2. The first-order valence-corrected chi connectivity index (χ1v) is 21.3. The molecule has 7 aliphatic rings. The monoisotopic (exact) mass is 740 g/mol. The minimum absolute atomic E-state index is 0.0394. The molecule has 54 heavy (non-hydrogen) atoms. The third-order valence-electron chi connectivity index (χ3n) is 15.3. The lowest BCUT2D eigenvalue weighted by molar-refractivity contribution is -0.224. The summed E-state index contributed by atoms with van der Waals surface area (Å²) in [4.78, 5) is 32.1. The number of amides is 2. The van der Waals surface area contributed by atoms with Gasteiger partial charge in [-0.05, 0) is 119 Å². The van der Waals surface area contributed by atoms with Crippen molar-refractivity contribution in [3.8, 4) is 17.2 Å². The van der Waals surface area contributed by atoms with Crippen LogP contribution in [0.15, 0.2) is 42.5 Å². The summed E-state index contributed by atoms with van der Waals surface area (Å²) < 4.78 is 25.4. The molecule has 0 aromatic heterocycles. The molecule has 9 heteroatoms. The molecule has 4 saturated carbocycles. The molecule has 2 aromatic rings. The molecule has 1 N–H and O–H groups in total. The Hall–Kier alpha value is -3.30. The fourth-order valence-corrected chi connectivity index (χ4v) is 11.7. The molecule has 9 rings (SSSR count). The molecule has 0 bridgehead atoms. The third-order valence-corrected chi connectivity index (χ3v) is 15.3. The van der Waals surface area contributed by atoms with E-state index in [9.17, 15) is 14.7 Å². The van der Waals surface area contributed by atoms with Crippen LogP contribution in [0.4, 0.5) is 0 Å². The predicted octanol–water partition coefficient (Wildman–Crippen LogP) is 7.19. The number of ether oxygens (including phenoxy) is 4. The average Bonchev–Trinajstić information content (AvgIpc) is 3.84. The van der Waals surface area contributed by atoms with Crippen molar-refractivity contribution in [3.05, 3.63) is 53.6 Å². The number of methoxy groups -OCH3 is 2. The molecule has 3 aliphatic heterocycles. The molecular formula is C45H60N2O7. The van der Waals surface area contributed by atoms with Crippen LogP contribution in [-0.4, -0.2) is 88.5 Å². The quantitative estimate of drug-likeness (QED) is 0.244. The average molecular weight is 741 g/mol. The second-order valence-electron chi connectivity index (χ2n) is 17.8. The maximum Gasteiger partial charge on any atom is 0.226 e. The van der Waals surface area contributed by atoms with Gasteiger partial charge in [-0.25, -0.2) is 0 Å². The van der Waals surface area contributed by atoms with Gasteiger partial charge in [-0.2, -0.15) is 0 Å². The molecule has 6 atom stereocenters. The van der Waals surface area contributed by atoms with Crippen molar-refractivity contribution >= 4 is 11.8 Å².